The molecule has 3 heteroatoms. The fourth-order valence-electron chi connectivity index (χ4n) is 2.17. The van der Waals surface area contributed by atoms with Gasteiger partial charge in [-0.15, -0.1) is 0 Å². The quantitative estimate of drug-likeness (QED) is 0.894. The van der Waals surface area contributed by atoms with Gasteiger partial charge in [0, 0.05) is 25.9 Å². The van der Waals surface area contributed by atoms with Gasteiger partial charge in [-0.3, -0.25) is 0 Å². The third-order valence-corrected chi connectivity index (χ3v) is 3.55. The first-order valence-corrected chi connectivity index (χ1v) is 6.82. The number of hydrogen-bond donors (Lipinski definition) is 1. The van der Waals surface area contributed by atoms with Gasteiger partial charge in [0.15, 0.2) is 0 Å². The van der Waals surface area contributed by atoms with Crippen molar-refractivity contribution in [1.82, 2.24) is 9.55 Å². The molecule has 19 heavy (non-hydrogen) atoms. The average Bonchev–Trinajstić information content (AvgIpc) is 2.81. The van der Waals surface area contributed by atoms with Crippen LogP contribution in [0.25, 0.3) is 0 Å². The summed E-state index contributed by atoms with van der Waals surface area (Å²) in [5, 5.41) is 10.2. The molecule has 1 atom stereocenters. The highest BCUT2D eigenvalue weighted by molar-refractivity contribution is 5.26. The topological polar surface area (TPSA) is 38.1 Å². The van der Waals surface area contributed by atoms with Crippen LogP contribution in [0.3, 0.4) is 0 Å². The van der Waals surface area contributed by atoms with E-state index in [1.165, 1.54) is 5.56 Å². The fraction of sp³-hybridized carbons (Fsp3) is 0.438. The zero-order chi connectivity index (χ0) is 13.8. The Labute approximate surface area is 114 Å². The van der Waals surface area contributed by atoms with Gasteiger partial charge in [-0.2, -0.15) is 0 Å². The minimum Gasteiger partial charge on any atom is -0.388 e. The number of imidazole rings is 1. The van der Waals surface area contributed by atoms with Crippen LogP contribution in [0.1, 0.15) is 49.2 Å². The Morgan fingerprint density at radius 1 is 1.16 bits per heavy atom. The third-order valence-electron chi connectivity index (χ3n) is 3.55. The van der Waals surface area contributed by atoms with Gasteiger partial charge in [0.25, 0.3) is 0 Å². The molecule has 0 saturated carbocycles. The molecule has 0 aliphatic heterocycles. The maximum absolute atomic E-state index is 10.2. The molecule has 2 rings (SSSR count). The lowest BCUT2D eigenvalue weighted by atomic mass is 9.98. The predicted octanol–water partition coefficient (Wildman–Crippen LogP) is 3.21. The van der Waals surface area contributed by atoms with Crippen molar-refractivity contribution in [3.63, 3.8) is 0 Å². The summed E-state index contributed by atoms with van der Waals surface area (Å²) in [6.45, 7) is 4.35. The van der Waals surface area contributed by atoms with Crippen molar-refractivity contribution in [2.24, 2.45) is 7.05 Å². The summed E-state index contributed by atoms with van der Waals surface area (Å²) in [5.74, 6) is 1.54. The Morgan fingerprint density at radius 3 is 2.32 bits per heavy atom. The summed E-state index contributed by atoms with van der Waals surface area (Å²) in [6, 6.07) is 8.25. The molecule has 0 saturated heterocycles. The summed E-state index contributed by atoms with van der Waals surface area (Å²) in [7, 11) is 1.98. The summed E-state index contributed by atoms with van der Waals surface area (Å²) in [6.07, 6.45) is 4.79. The van der Waals surface area contributed by atoms with Gasteiger partial charge in [0.1, 0.15) is 5.82 Å². The molecule has 0 fully saturated rings. The van der Waals surface area contributed by atoms with Crippen molar-refractivity contribution >= 4 is 0 Å². The average molecular weight is 258 g/mol. The molecule has 1 aromatic carbocycles. The Bertz CT molecular complexity index is 514. The molecule has 1 aromatic heterocycles. The second-order valence-corrected chi connectivity index (χ2v) is 5.33. The predicted molar refractivity (Wildman–Crippen MR) is 77.0 cm³/mol. The van der Waals surface area contributed by atoms with E-state index in [2.05, 4.69) is 31.0 Å². The molecule has 1 unspecified atom stereocenters. The highest BCUT2D eigenvalue weighted by Gasteiger charge is 2.10. The zero-order valence-corrected chi connectivity index (χ0v) is 11.9. The second kappa shape index (κ2) is 6.02. The third kappa shape index (κ3) is 3.44. The Balaban J connectivity index is 1.96. The van der Waals surface area contributed by atoms with Crippen LogP contribution in [0.2, 0.25) is 0 Å². The number of rotatable bonds is 5. The summed E-state index contributed by atoms with van der Waals surface area (Å²) >= 11 is 0. The van der Waals surface area contributed by atoms with E-state index < -0.39 is 6.10 Å². The molecule has 2 aromatic rings. The molecule has 0 aliphatic carbocycles. The molecule has 0 bridgehead atoms. The Hall–Kier alpha value is -1.61. The SMILES string of the molecule is CC(C)c1ccc(C(O)CCc2nccn2C)cc1. The van der Waals surface area contributed by atoms with Crippen molar-refractivity contribution in [2.75, 3.05) is 0 Å². The highest BCUT2D eigenvalue weighted by Crippen LogP contribution is 2.21. The standard InChI is InChI=1S/C16H22N2O/c1-12(2)13-4-6-14(7-5-13)15(19)8-9-16-17-10-11-18(16)3/h4-7,10-12,15,19H,8-9H2,1-3H3. The van der Waals surface area contributed by atoms with E-state index in [-0.39, 0.29) is 0 Å². The van der Waals surface area contributed by atoms with Gasteiger partial charge in [0.05, 0.1) is 6.10 Å². The highest BCUT2D eigenvalue weighted by atomic mass is 16.3. The van der Waals surface area contributed by atoms with E-state index in [0.717, 1.165) is 17.8 Å². The molecule has 0 spiro atoms. The maximum Gasteiger partial charge on any atom is 0.108 e. The van der Waals surface area contributed by atoms with E-state index in [1.807, 2.05) is 29.9 Å². The van der Waals surface area contributed by atoms with Gasteiger partial charge in [0.2, 0.25) is 0 Å². The number of aliphatic hydroxyl groups is 1. The number of hydrogen-bond acceptors (Lipinski definition) is 2. The molecule has 1 N–H and O–H groups in total. The lowest BCUT2D eigenvalue weighted by Gasteiger charge is -2.12. The van der Waals surface area contributed by atoms with Gasteiger partial charge in [-0.05, 0) is 23.5 Å². The van der Waals surface area contributed by atoms with Crippen molar-refractivity contribution in [2.45, 2.75) is 38.7 Å². The zero-order valence-electron chi connectivity index (χ0n) is 11.9. The monoisotopic (exact) mass is 258 g/mol. The van der Waals surface area contributed by atoms with E-state index in [0.29, 0.717) is 12.3 Å². The number of aryl methyl sites for hydroxylation is 2. The summed E-state index contributed by atoms with van der Waals surface area (Å²) in [5.41, 5.74) is 2.29. The van der Waals surface area contributed by atoms with Crippen LogP contribution in [0.4, 0.5) is 0 Å². The lowest BCUT2D eigenvalue weighted by Crippen LogP contribution is -2.03. The molecular formula is C16H22N2O. The summed E-state index contributed by atoms with van der Waals surface area (Å²) in [4.78, 5) is 4.27. The van der Waals surface area contributed by atoms with Crippen LogP contribution < -0.4 is 0 Å². The number of benzene rings is 1. The van der Waals surface area contributed by atoms with E-state index in [4.69, 9.17) is 0 Å². The van der Waals surface area contributed by atoms with Crippen LogP contribution in [-0.2, 0) is 13.5 Å². The molecule has 102 valence electrons. The summed E-state index contributed by atoms with van der Waals surface area (Å²) < 4.78 is 1.99. The largest absolute Gasteiger partial charge is 0.388 e. The number of aromatic nitrogens is 2. The fourth-order valence-corrected chi connectivity index (χ4v) is 2.17. The van der Waals surface area contributed by atoms with E-state index in [9.17, 15) is 5.11 Å². The van der Waals surface area contributed by atoms with Crippen molar-refractivity contribution in [3.05, 3.63) is 53.6 Å². The van der Waals surface area contributed by atoms with Gasteiger partial charge in [-0.1, -0.05) is 38.1 Å². The van der Waals surface area contributed by atoms with Crippen LogP contribution >= 0.6 is 0 Å². The Kier molecular flexibility index (Phi) is 4.38. The first-order chi connectivity index (χ1) is 9.08. The second-order valence-electron chi connectivity index (χ2n) is 5.33. The molecular weight excluding hydrogens is 236 g/mol. The van der Waals surface area contributed by atoms with Gasteiger partial charge < -0.3 is 9.67 Å². The van der Waals surface area contributed by atoms with Crippen molar-refractivity contribution in [3.8, 4) is 0 Å². The number of aliphatic hydroxyl groups excluding tert-OH is 1. The van der Waals surface area contributed by atoms with E-state index >= 15 is 0 Å². The molecule has 0 radical (unpaired) electrons. The maximum atomic E-state index is 10.2. The first kappa shape index (κ1) is 13.8. The van der Waals surface area contributed by atoms with Gasteiger partial charge in [-0.25, -0.2) is 4.98 Å². The van der Waals surface area contributed by atoms with Crippen LogP contribution in [0.5, 0.6) is 0 Å². The normalized spacial score (nSPS) is 12.9. The van der Waals surface area contributed by atoms with Crippen LogP contribution in [0.15, 0.2) is 36.7 Å². The Morgan fingerprint density at radius 2 is 1.79 bits per heavy atom. The molecule has 1 heterocycles. The van der Waals surface area contributed by atoms with Gasteiger partial charge >= 0.3 is 0 Å². The lowest BCUT2D eigenvalue weighted by molar-refractivity contribution is 0.167. The molecule has 3 nitrogen and oxygen atoms in total. The van der Waals surface area contributed by atoms with Crippen molar-refractivity contribution in [1.29, 1.82) is 0 Å². The minimum absolute atomic E-state index is 0.419. The molecule has 0 aliphatic rings. The van der Waals surface area contributed by atoms with Crippen molar-refractivity contribution < 1.29 is 5.11 Å². The van der Waals surface area contributed by atoms with Crippen LogP contribution in [0, 0.1) is 0 Å². The molecule has 0 amide bonds. The van der Waals surface area contributed by atoms with Crippen LogP contribution in [-0.4, -0.2) is 14.7 Å². The first-order valence-electron chi connectivity index (χ1n) is 6.82. The van der Waals surface area contributed by atoms with E-state index in [1.54, 1.807) is 6.20 Å². The minimum atomic E-state index is -0.419. The smallest absolute Gasteiger partial charge is 0.108 e. The number of nitrogens with zero attached hydrogens (tertiary/aromatic N) is 2.